The SMILES string of the molecule is COC1=CC2C(=O)NC(=O)C2(CC2CCCCNC2)C=C1OC. The van der Waals surface area contributed by atoms with Gasteiger partial charge in [-0.1, -0.05) is 6.42 Å². The molecule has 0 aromatic heterocycles. The predicted octanol–water partition coefficient (Wildman–Crippen LogP) is 1.10. The third-order valence-electron chi connectivity index (χ3n) is 5.16. The Bertz CT molecular complexity index is 561. The fourth-order valence-electron chi connectivity index (χ4n) is 3.95. The van der Waals surface area contributed by atoms with Crippen molar-refractivity contribution in [2.75, 3.05) is 27.3 Å². The Hall–Kier alpha value is -1.82. The molecule has 0 bridgehead atoms. The highest BCUT2D eigenvalue weighted by atomic mass is 16.5. The summed E-state index contributed by atoms with van der Waals surface area (Å²) in [4.78, 5) is 24.9. The van der Waals surface area contributed by atoms with Gasteiger partial charge in [0.2, 0.25) is 11.8 Å². The maximum atomic E-state index is 12.6. The minimum Gasteiger partial charge on any atom is -0.493 e. The van der Waals surface area contributed by atoms with Gasteiger partial charge in [-0.3, -0.25) is 14.9 Å². The number of imide groups is 1. The van der Waals surface area contributed by atoms with Crippen LogP contribution in [0.1, 0.15) is 25.7 Å². The van der Waals surface area contributed by atoms with E-state index in [9.17, 15) is 9.59 Å². The Morgan fingerprint density at radius 3 is 2.74 bits per heavy atom. The van der Waals surface area contributed by atoms with E-state index in [1.54, 1.807) is 19.3 Å². The maximum absolute atomic E-state index is 12.6. The minimum atomic E-state index is -0.860. The van der Waals surface area contributed by atoms with Crippen LogP contribution >= 0.6 is 0 Å². The Morgan fingerprint density at radius 1 is 1.22 bits per heavy atom. The maximum Gasteiger partial charge on any atom is 0.237 e. The van der Waals surface area contributed by atoms with Crippen molar-refractivity contribution in [2.24, 2.45) is 17.3 Å². The zero-order chi connectivity index (χ0) is 16.4. The average Bonchev–Trinajstić information content (AvgIpc) is 2.74. The molecular weight excluding hydrogens is 296 g/mol. The number of carbonyl (C=O) groups is 2. The fraction of sp³-hybridized carbons (Fsp3) is 0.647. The van der Waals surface area contributed by atoms with Gasteiger partial charge in [0.15, 0.2) is 11.5 Å². The van der Waals surface area contributed by atoms with Gasteiger partial charge in [0.1, 0.15) is 0 Å². The van der Waals surface area contributed by atoms with E-state index in [2.05, 4.69) is 10.6 Å². The lowest BCUT2D eigenvalue weighted by molar-refractivity contribution is -0.127. The highest BCUT2D eigenvalue weighted by Gasteiger charge is 2.56. The molecule has 6 heteroatoms. The zero-order valence-electron chi connectivity index (χ0n) is 13.7. The van der Waals surface area contributed by atoms with Crippen molar-refractivity contribution in [3.63, 3.8) is 0 Å². The Balaban J connectivity index is 1.94. The van der Waals surface area contributed by atoms with Crippen molar-refractivity contribution in [3.05, 3.63) is 23.7 Å². The number of methoxy groups -OCH3 is 2. The molecule has 126 valence electrons. The summed E-state index contributed by atoms with van der Waals surface area (Å²) in [6.45, 7) is 1.90. The molecule has 0 spiro atoms. The van der Waals surface area contributed by atoms with Crippen molar-refractivity contribution in [1.29, 1.82) is 0 Å². The van der Waals surface area contributed by atoms with Gasteiger partial charge in [0.25, 0.3) is 0 Å². The summed E-state index contributed by atoms with van der Waals surface area (Å²) in [7, 11) is 3.09. The Kier molecular flexibility index (Phi) is 4.43. The molecule has 0 aromatic rings. The lowest BCUT2D eigenvalue weighted by Gasteiger charge is -2.34. The minimum absolute atomic E-state index is 0.224. The molecule has 0 aromatic carbocycles. The smallest absolute Gasteiger partial charge is 0.237 e. The summed E-state index contributed by atoms with van der Waals surface area (Å²) >= 11 is 0. The number of carbonyl (C=O) groups excluding carboxylic acids is 2. The molecule has 2 amide bonds. The molecule has 0 radical (unpaired) electrons. The van der Waals surface area contributed by atoms with E-state index in [1.807, 2.05) is 0 Å². The van der Waals surface area contributed by atoms with Crippen LogP contribution < -0.4 is 10.6 Å². The molecule has 2 N–H and O–H groups in total. The van der Waals surface area contributed by atoms with Crippen molar-refractivity contribution < 1.29 is 19.1 Å². The van der Waals surface area contributed by atoms with Gasteiger partial charge in [-0.2, -0.15) is 0 Å². The molecule has 3 unspecified atom stereocenters. The van der Waals surface area contributed by atoms with Crippen LogP contribution in [0.3, 0.4) is 0 Å². The second-order valence-corrected chi connectivity index (χ2v) is 6.55. The molecule has 2 fully saturated rings. The first kappa shape index (κ1) is 16.1. The van der Waals surface area contributed by atoms with Crippen molar-refractivity contribution in [3.8, 4) is 0 Å². The van der Waals surface area contributed by atoms with Gasteiger partial charge < -0.3 is 14.8 Å². The second-order valence-electron chi connectivity index (χ2n) is 6.55. The van der Waals surface area contributed by atoms with E-state index in [-0.39, 0.29) is 11.8 Å². The van der Waals surface area contributed by atoms with Gasteiger partial charge in [-0.15, -0.1) is 0 Å². The van der Waals surface area contributed by atoms with E-state index in [4.69, 9.17) is 9.47 Å². The topological polar surface area (TPSA) is 76.7 Å². The molecule has 2 aliphatic heterocycles. The summed E-state index contributed by atoms with van der Waals surface area (Å²) < 4.78 is 10.7. The quantitative estimate of drug-likeness (QED) is 0.759. The Morgan fingerprint density at radius 2 is 2.00 bits per heavy atom. The van der Waals surface area contributed by atoms with E-state index in [0.29, 0.717) is 23.9 Å². The number of hydrogen-bond acceptors (Lipinski definition) is 5. The summed E-state index contributed by atoms with van der Waals surface area (Å²) in [6.07, 6.45) is 7.53. The molecule has 0 saturated carbocycles. The van der Waals surface area contributed by atoms with E-state index in [0.717, 1.165) is 32.4 Å². The molecule has 2 heterocycles. The molecule has 3 rings (SSSR count). The summed E-state index contributed by atoms with van der Waals surface area (Å²) in [6, 6.07) is 0. The fourth-order valence-corrected chi connectivity index (χ4v) is 3.95. The number of ether oxygens (including phenoxy) is 2. The number of hydrogen-bond donors (Lipinski definition) is 2. The number of fused-ring (bicyclic) bond motifs is 1. The highest BCUT2D eigenvalue weighted by Crippen LogP contribution is 2.47. The standard InChI is InChI=1S/C17H24N2O4/c1-22-13-7-12-15(20)19-16(21)17(12,9-14(13)23-2)8-11-5-3-4-6-18-10-11/h7,9,11-12,18H,3-6,8,10H2,1-2H3,(H,19,20,21). The van der Waals surface area contributed by atoms with Crippen molar-refractivity contribution in [2.45, 2.75) is 25.7 Å². The van der Waals surface area contributed by atoms with Crippen molar-refractivity contribution in [1.82, 2.24) is 10.6 Å². The molecule has 3 aliphatic rings. The first-order valence-electron chi connectivity index (χ1n) is 8.20. The number of amides is 2. The van der Waals surface area contributed by atoms with Crippen molar-refractivity contribution >= 4 is 11.8 Å². The zero-order valence-corrected chi connectivity index (χ0v) is 13.7. The van der Waals surface area contributed by atoms with Gasteiger partial charge in [-0.05, 0) is 50.4 Å². The van der Waals surface area contributed by atoms with Crippen LogP contribution in [0, 0.1) is 17.3 Å². The Labute approximate surface area is 136 Å². The van der Waals surface area contributed by atoms with Crippen LogP contribution in [0.4, 0.5) is 0 Å². The molecule has 2 saturated heterocycles. The highest BCUT2D eigenvalue weighted by molar-refractivity contribution is 6.09. The third kappa shape index (κ3) is 2.76. The number of rotatable bonds is 4. The summed E-state index contributed by atoms with van der Waals surface area (Å²) in [5, 5.41) is 5.92. The van der Waals surface area contributed by atoms with Crippen LogP contribution in [-0.2, 0) is 19.1 Å². The molecular formula is C17H24N2O4. The summed E-state index contributed by atoms with van der Waals surface area (Å²) in [5.41, 5.74) is -0.860. The first-order valence-corrected chi connectivity index (χ1v) is 8.20. The van der Waals surface area contributed by atoms with Crippen LogP contribution in [-0.4, -0.2) is 39.1 Å². The molecule has 1 aliphatic carbocycles. The second kappa shape index (κ2) is 6.35. The monoisotopic (exact) mass is 320 g/mol. The summed E-state index contributed by atoms with van der Waals surface area (Å²) in [5.74, 6) is 0.401. The van der Waals surface area contributed by atoms with Gasteiger partial charge in [-0.25, -0.2) is 0 Å². The molecule has 6 nitrogen and oxygen atoms in total. The number of nitrogens with one attached hydrogen (secondary N) is 2. The van der Waals surface area contributed by atoms with E-state index < -0.39 is 11.3 Å². The van der Waals surface area contributed by atoms with E-state index in [1.165, 1.54) is 7.11 Å². The molecule has 23 heavy (non-hydrogen) atoms. The van der Waals surface area contributed by atoms with Crippen LogP contribution in [0.15, 0.2) is 23.7 Å². The van der Waals surface area contributed by atoms with E-state index >= 15 is 0 Å². The normalized spacial score (nSPS) is 34.0. The van der Waals surface area contributed by atoms with Gasteiger partial charge in [0.05, 0.1) is 25.6 Å². The lowest BCUT2D eigenvalue weighted by Crippen LogP contribution is -2.39. The third-order valence-corrected chi connectivity index (χ3v) is 5.16. The predicted molar refractivity (Wildman–Crippen MR) is 84.1 cm³/mol. The average molecular weight is 320 g/mol. The van der Waals surface area contributed by atoms with Gasteiger partial charge in [0, 0.05) is 0 Å². The van der Waals surface area contributed by atoms with Crippen LogP contribution in [0.5, 0.6) is 0 Å². The lowest BCUT2D eigenvalue weighted by atomic mass is 9.68. The molecule has 3 atom stereocenters. The first-order chi connectivity index (χ1) is 11.1. The van der Waals surface area contributed by atoms with Crippen LogP contribution in [0.2, 0.25) is 0 Å². The van der Waals surface area contributed by atoms with Crippen LogP contribution in [0.25, 0.3) is 0 Å². The largest absolute Gasteiger partial charge is 0.493 e. The van der Waals surface area contributed by atoms with Gasteiger partial charge >= 0.3 is 0 Å².